The minimum Gasteiger partial charge on any atom is -0.410 e. The molecule has 1 aromatic rings. The van der Waals surface area contributed by atoms with Gasteiger partial charge in [0.05, 0.1) is 16.1 Å². The van der Waals surface area contributed by atoms with Gasteiger partial charge in [-0.2, -0.15) is 0 Å². The lowest BCUT2D eigenvalue weighted by molar-refractivity contribution is 0.321. The monoisotopic (exact) mass is 176 g/mol. The molecule has 0 aliphatic heterocycles. The second kappa shape index (κ2) is 2.98. The van der Waals surface area contributed by atoms with E-state index in [1.54, 1.807) is 12.4 Å². The van der Waals surface area contributed by atoms with Gasteiger partial charge in [0, 0.05) is 0 Å². The van der Waals surface area contributed by atoms with Crippen LogP contribution in [0.1, 0.15) is 10.6 Å². The van der Waals surface area contributed by atoms with Crippen molar-refractivity contribution in [3.8, 4) is 0 Å². The average molecular weight is 177 g/mol. The number of rotatable bonds is 1. The fourth-order valence-electron chi connectivity index (χ4n) is 0.545. The summed E-state index contributed by atoms with van der Waals surface area (Å²) in [7, 11) is 0. The minimum atomic E-state index is 0.0972. The normalized spacial score (nSPS) is 12.0. The van der Waals surface area contributed by atoms with Crippen LogP contribution in [0, 0.1) is 6.92 Å². The SMILES string of the molecule is Cc1ncsc1C(Cl)=NO. The van der Waals surface area contributed by atoms with Gasteiger partial charge < -0.3 is 5.21 Å². The number of aromatic nitrogens is 1. The Bertz CT molecular complexity index is 258. The molecule has 1 aromatic heterocycles. The number of oxime groups is 1. The maximum Gasteiger partial charge on any atom is 0.187 e. The first-order valence-electron chi connectivity index (χ1n) is 2.53. The van der Waals surface area contributed by atoms with E-state index in [1.807, 2.05) is 0 Å². The van der Waals surface area contributed by atoms with E-state index in [4.69, 9.17) is 16.8 Å². The van der Waals surface area contributed by atoms with E-state index in [0.29, 0.717) is 4.88 Å². The van der Waals surface area contributed by atoms with Gasteiger partial charge in [-0.25, -0.2) is 4.98 Å². The minimum absolute atomic E-state index is 0.0972. The first-order chi connectivity index (χ1) is 4.75. The van der Waals surface area contributed by atoms with E-state index in [2.05, 4.69) is 10.1 Å². The van der Waals surface area contributed by atoms with Crippen LogP contribution in [-0.4, -0.2) is 15.4 Å². The van der Waals surface area contributed by atoms with Crippen LogP contribution in [0.5, 0.6) is 0 Å². The Hall–Kier alpha value is -0.610. The molecule has 5 heteroatoms. The Morgan fingerprint density at radius 2 is 2.60 bits per heavy atom. The highest BCUT2D eigenvalue weighted by Gasteiger charge is 2.05. The maximum absolute atomic E-state index is 8.27. The molecule has 3 nitrogen and oxygen atoms in total. The van der Waals surface area contributed by atoms with Crippen molar-refractivity contribution in [2.24, 2.45) is 5.16 Å². The molecule has 1 rings (SSSR count). The molecule has 0 aromatic carbocycles. The van der Waals surface area contributed by atoms with Crippen molar-refractivity contribution in [1.29, 1.82) is 0 Å². The van der Waals surface area contributed by atoms with Gasteiger partial charge in [0.15, 0.2) is 5.17 Å². The summed E-state index contributed by atoms with van der Waals surface area (Å²) in [5, 5.41) is 11.2. The zero-order valence-electron chi connectivity index (χ0n) is 5.21. The lowest BCUT2D eigenvalue weighted by atomic mass is 10.4. The number of aryl methyl sites for hydroxylation is 1. The van der Waals surface area contributed by atoms with Crippen LogP contribution in [0.15, 0.2) is 10.7 Å². The zero-order chi connectivity index (χ0) is 7.56. The molecular weight excluding hydrogens is 172 g/mol. The molecule has 0 aliphatic rings. The molecule has 1 N–H and O–H groups in total. The van der Waals surface area contributed by atoms with E-state index < -0.39 is 0 Å². The van der Waals surface area contributed by atoms with E-state index in [9.17, 15) is 0 Å². The molecule has 0 bridgehead atoms. The summed E-state index contributed by atoms with van der Waals surface area (Å²) >= 11 is 6.86. The van der Waals surface area contributed by atoms with E-state index in [-0.39, 0.29) is 5.17 Å². The second-order valence-electron chi connectivity index (χ2n) is 1.66. The Morgan fingerprint density at radius 3 is 3.00 bits per heavy atom. The summed E-state index contributed by atoms with van der Waals surface area (Å²) in [6.07, 6.45) is 0. The molecule has 0 atom stereocenters. The van der Waals surface area contributed by atoms with Gasteiger partial charge in [0.1, 0.15) is 0 Å². The largest absolute Gasteiger partial charge is 0.410 e. The zero-order valence-corrected chi connectivity index (χ0v) is 6.78. The van der Waals surface area contributed by atoms with Crippen molar-refractivity contribution in [3.63, 3.8) is 0 Å². The predicted octanol–water partition coefficient (Wildman–Crippen LogP) is 1.83. The highest BCUT2D eigenvalue weighted by molar-refractivity contribution is 7.14. The van der Waals surface area contributed by atoms with Crippen LogP contribution >= 0.6 is 22.9 Å². The number of nitrogens with zero attached hydrogens (tertiary/aromatic N) is 2. The van der Waals surface area contributed by atoms with Crippen LogP contribution in [0.3, 0.4) is 0 Å². The summed E-state index contributed by atoms with van der Waals surface area (Å²) < 4.78 is 0. The summed E-state index contributed by atoms with van der Waals surface area (Å²) in [5.74, 6) is 0. The van der Waals surface area contributed by atoms with Crippen LogP contribution < -0.4 is 0 Å². The average Bonchev–Trinajstić information content (AvgIpc) is 2.34. The third-order valence-electron chi connectivity index (χ3n) is 1.02. The first kappa shape index (κ1) is 7.50. The third-order valence-corrected chi connectivity index (χ3v) is 2.33. The number of halogens is 1. The second-order valence-corrected chi connectivity index (χ2v) is 2.87. The van der Waals surface area contributed by atoms with Crippen molar-refractivity contribution in [2.75, 3.05) is 0 Å². The van der Waals surface area contributed by atoms with Crippen LogP contribution in [0.4, 0.5) is 0 Å². The summed E-state index contributed by atoms with van der Waals surface area (Å²) in [5.41, 5.74) is 2.44. The Morgan fingerprint density at radius 1 is 1.90 bits per heavy atom. The molecule has 0 saturated heterocycles. The molecule has 1 heterocycles. The lowest BCUT2D eigenvalue weighted by Gasteiger charge is -1.88. The molecule has 0 radical (unpaired) electrons. The van der Waals surface area contributed by atoms with Crippen LogP contribution in [0.2, 0.25) is 0 Å². The summed E-state index contributed by atoms with van der Waals surface area (Å²) in [6.45, 7) is 1.80. The summed E-state index contributed by atoms with van der Waals surface area (Å²) in [6, 6.07) is 0. The number of thiazole rings is 1. The van der Waals surface area contributed by atoms with Crippen LogP contribution in [0.25, 0.3) is 0 Å². The van der Waals surface area contributed by atoms with Crippen molar-refractivity contribution in [3.05, 3.63) is 16.1 Å². The highest BCUT2D eigenvalue weighted by atomic mass is 35.5. The van der Waals surface area contributed by atoms with Gasteiger partial charge in [0.2, 0.25) is 0 Å². The third kappa shape index (κ3) is 1.27. The molecule has 0 amide bonds. The molecule has 0 fully saturated rings. The Kier molecular flexibility index (Phi) is 2.24. The van der Waals surface area contributed by atoms with Gasteiger partial charge in [-0.05, 0) is 6.92 Å². The molecule has 0 unspecified atom stereocenters. The molecular formula is C5H5ClN2OS. The fraction of sp³-hybridized carbons (Fsp3) is 0.200. The first-order valence-corrected chi connectivity index (χ1v) is 3.79. The smallest absolute Gasteiger partial charge is 0.187 e. The van der Waals surface area contributed by atoms with E-state index in [0.717, 1.165) is 5.69 Å². The molecule has 0 aliphatic carbocycles. The van der Waals surface area contributed by atoms with Gasteiger partial charge in [0.25, 0.3) is 0 Å². The number of hydrogen-bond acceptors (Lipinski definition) is 4. The Balaban J connectivity index is 3.05. The van der Waals surface area contributed by atoms with E-state index >= 15 is 0 Å². The van der Waals surface area contributed by atoms with Gasteiger partial charge in [-0.3, -0.25) is 0 Å². The Labute approximate surface area is 67.0 Å². The van der Waals surface area contributed by atoms with Crippen LogP contribution in [-0.2, 0) is 0 Å². The van der Waals surface area contributed by atoms with Crippen molar-refractivity contribution >= 4 is 28.1 Å². The quantitative estimate of drug-likeness (QED) is 0.403. The predicted molar refractivity (Wildman–Crippen MR) is 41.0 cm³/mol. The molecule has 54 valence electrons. The van der Waals surface area contributed by atoms with E-state index in [1.165, 1.54) is 11.3 Å². The van der Waals surface area contributed by atoms with Gasteiger partial charge in [-0.1, -0.05) is 16.8 Å². The molecule has 10 heavy (non-hydrogen) atoms. The standard InChI is InChI=1S/C5H5ClN2OS/c1-3-4(5(6)8-9)10-2-7-3/h2,9H,1H3. The van der Waals surface area contributed by atoms with Gasteiger partial charge in [-0.15, -0.1) is 11.3 Å². The summed E-state index contributed by atoms with van der Waals surface area (Å²) in [4.78, 5) is 4.64. The number of hydrogen-bond donors (Lipinski definition) is 1. The molecule has 0 spiro atoms. The topological polar surface area (TPSA) is 45.5 Å². The molecule has 0 saturated carbocycles. The highest BCUT2D eigenvalue weighted by Crippen LogP contribution is 2.14. The van der Waals surface area contributed by atoms with Crippen molar-refractivity contribution in [1.82, 2.24) is 4.98 Å². The lowest BCUT2D eigenvalue weighted by Crippen LogP contribution is -1.89. The van der Waals surface area contributed by atoms with Gasteiger partial charge >= 0.3 is 0 Å². The fourth-order valence-corrected chi connectivity index (χ4v) is 1.49. The maximum atomic E-state index is 8.27. The van der Waals surface area contributed by atoms with Crippen molar-refractivity contribution < 1.29 is 5.21 Å². The van der Waals surface area contributed by atoms with Crippen molar-refractivity contribution in [2.45, 2.75) is 6.92 Å².